The van der Waals surface area contributed by atoms with Crippen molar-refractivity contribution in [2.45, 2.75) is 0 Å². The zero-order valence-corrected chi connectivity index (χ0v) is 13.2. The Kier molecular flexibility index (Phi) is 5.25. The first kappa shape index (κ1) is 16.4. The van der Waals surface area contributed by atoms with Crippen molar-refractivity contribution >= 4 is 11.9 Å². The second-order valence-electron chi connectivity index (χ2n) is 4.71. The Bertz CT molecular complexity index is 709. The third-order valence-corrected chi connectivity index (χ3v) is 3.24. The molecule has 0 unspecified atom stereocenters. The smallest absolute Gasteiger partial charge is 0.203 e. The van der Waals surface area contributed by atoms with Crippen LogP contribution in [0.15, 0.2) is 42.5 Å². The normalized spacial score (nSPS) is 10.6. The molecule has 0 heterocycles. The lowest BCUT2D eigenvalue weighted by atomic mass is 10.1. The van der Waals surface area contributed by atoms with Crippen LogP contribution in [-0.4, -0.2) is 32.2 Å². The number of rotatable bonds is 6. The highest BCUT2D eigenvalue weighted by Gasteiger charge is 2.12. The lowest BCUT2D eigenvalue weighted by Crippen LogP contribution is -1.96. The summed E-state index contributed by atoms with van der Waals surface area (Å²) >= 11 is 0. The number of allylic oxidation sites excluding steroid dienone is 1. The van der Waals surface area contributed by atoms with Crippen molar-refractivity contribution < 1.29 is 24.1 Å². The second-order valence-corrected chi connectivity index (χ2v) is 4.71. The number of phenolic OH excluding ortho intramolecular Hbond substituents is 1. The number of hydrogen-bond acceptors (Lipinski definition) is 5. The SMILES string of the molecule is COc1cc(C=CC(=O)c2cccc(O)c2)cc(OC)c1OC. The maximum absolute atomic E-state index is 12.1. The summed E-state index contributed by atoms with van der Waals surface area (Å²) in [5.41, 5.74) is 1.14. The van der Waals surface area contributed by atoms with E-state index in [0.717, 1.165) is 5.56 Å². The average molecular weight is 314 g/mol. The van der Waals surface area contributed by atoms with Crippen molar-refractivity contribution in [1.82, 2.24) is 0 Å². The van der Waals surface area contributed by atoms with Crippen molar-refractivity contribution in [3.8, 4) is 23.0 Å². The predicted molar refractivity (Wildman–Crippen MR) is 87.6 cm³/mol. The van der Waals surface area contributed by atoms with E-state index in [1.807, 2.05) is 0 Å². The molecule has 0 radical (unpaired) electrons. The van der Waals surface area contributed by atoms with Crippen molar-refractivity contribution in [3.63, 3.8) is 0 Å². The molecule has 0 amide bonds. The molecule has 1 N–H and O–H groups in total. The van der Waals surface area contributed by atoms with Crippen molar-refractivity contribution in [1.29, 1.82) is 0 Å². The quantitative estimate of drug-likeness (QED) is 0.654. The standard InChI is InChI=1S/C18H18O5/c1-21-16-9-12(10-17(22-2)18(16)23-3)7-8-15(20)13-5-4-6-14(19)11-13/h4-11,19H,1-3H3. The predicted octanol–water partition coefficient (Wildman–Crippen LogP) is 3.31. The van der Waals surface area contributed by atoms with E-state index in [1.54, 1.807) is 30.3 Å². The Morgan fingerprint density at radius 3 is 2.17 bits per heavy atom. The molecular formula is C18H18O5. The van der Waals surface area contributed by atoms with Crippen molar-refractivity contribution in [2.75, 3.05) is 21.3 Å². The number of carbonyl (C=O) groups is 1. The van der Waals surface area contributed by atoms with E-state index in [0.29, 0.717) is 22.8 Å². The Morgan fingerprint density at radius 1 is 1.00 bits per heavy atom. The van der Waals surface area contributed by atoms with Gasteiger partial charge in [0.2, 0.25) is 5.75 Å². The molecule has 0 aliphatic carbocycles. The van der Waals surface area contributed by atoms with E-state index in [2.05, 4.69) is 0 Å². The van der Waals surface area contributed by atoms with Crippen LogP contribution in [0.3, 0.4) is 0 Å². The number of ketones is 1. The lowest BCUT2D eigenvalue weighted by Gasteiger charge is -2.12. The summed E-state index contributed by atoms with van der Waals surface area (Å²) in [6.45, 7) is 0. The summed E-state index contributed by atoms with van der Waals surface area (Å²) in [7, 11) is 4.59. The van der Waals surface area contributed by atoms with Gasteiger partial charge in [0, 0.05) is 5.56 Å². The minimum absolute atomic E-state index is 0.0528. The van der Waals surface area contributed by atoms with Crippen molar-refractivity contribution in [3.05, 3.63) is 53.6 Å². The monoisotopic (exact) mass is 314 g/mol. The Hall–Kier alpha value is -2.95. The van der Waals surface area contributed by atoms with Crippen molar-refractivity contribution in [2.24, 2.45) is 0 Å². The number of carbonyl (C=O) groups excluding carboxylic acids is 1. The lowest BCUT2D eigenvalue weighted by molar-refractivity contribution is 0.104. The highest BCUT2D eigenvalue weighted by Crippen LogP contribution is 2.38. The Morgan fingerprint density at radius 2 is 1.65 bits per heavy atom. The molecule has 120 valence electrons. The third kappa shape index (κ3) is 3.83. The van der Waals surface area contributed by atoms with Crippen LogP contribution in [0.1, 0.15) is 15.9 Å². The van der Waals surface area contributed by atoms with Gasteiger partial charge in [-0.15, -0.1) is 0 Å². The molecular weight excluding hydrogens is 296 g/mol. The van der Waals surface area contributed by atoms with E-state index >= 15 is 0 Å². The molecule has 0 bridgehead atoms. The van der Waals surface area contributed by atoms with E-state index in [9.17, 15) is 9.90 Å². The number of methoxy groups -OCH3 is 3. The Balaban J connectivity index is 2.30. The van der Waals surface area contributed by atoms with Crippen LogP contribution >= 0.6 is 0 Å². The number of hydrogen-bond donors (Lipinski definition) is 1. The fourth-order valence-corrected chi connectivity index (χ4v) is 2.12. The molecule has 0 atom stereocenters. The third-order valence-electron chi connectivity index (χ3n) is 3.24. The number of ether oxygens (including phenoxy) is 3. The molecule has 0 aliphatic heterocycles. The largest absolute Gasteiger partial charge is 0.508 e. The Labute approximate surface area is 134 Å². The first-order valence-electron chi connectivity index (χ1n) is 6.90. The van der Waals surface area contributed by atoms with Crippen LogP contribution in [0, 0.1) is 0 Å². The van der Waals surface area contributed by atoms with Gasteiger partial charge in [-0.2, -0.15) is 0 Å². The number of aromatic hydroxyl groups is 1. The maximum atomic E-state index is 12.1. The molecule has 0 fully saturated rings. The fourth-order valence-electron chi connectivity index (χ4n) is 2.12. The zero-order valence-electron chi connectivity index (χ0n) is 13.2. The average Bonchev–Trinajstić information content (AvgIpc) is 2.58. The molecule has 0 saturated carbocycles. The summed E-state index contributed by atoms with van der Waals surface area (Å²) in [6.07, 6.45) is 3.08. The molecule has 0 spiro atoms. The molecule has 2 rings (SSSR count). The summed E-state index contributed by atoms with van der Waals surface area (Å²) in [5, 5.41) is 9.42. The highest BCUT2D eigenvalue weighted by molar-refractivity contribution is 6.07. The van der Waals surface area contributed by atoms with E-state index in [4.69, 9.17) is 14.2 Å². The number of benzene rings is 2. The fraction of sp³-hybridized carbons (Fsp3) is 0.167. The van der Waals surface area contributed by atoms with Crippen LogP contribution in [0.2, 0.25) is 0 Å². The van der Waals surface area contributed by atoms with Gasteiger partial charge in [0.15, 0.2) is 17.3 Å². The van der Waals surface area contributed by atoms with E-state index < -0.39 is 0 Å². The van der Waals surface area contributed by atoms with Gasteiger partial charge in [-0.3, -0.25) is 4.79 Å². The second kappa shape index (κ2) is 7.35. The number of phenols is 1. The minimum Gasteiger partial charge on any atom is -0.508 e. The molecule has 5 nitrogen and oxygen atoms in total. The molecule has 0 aromatic heterocycles. The summed E-state index contributed by atoms with van der Waals surface area (Å²) in [4.78, 5) is 12.1. The van der Waals surface area contributed by atoms with Crippen LogP contribution in [0.5, 0.6) is 23.0 Å². The van der Waals surface area contributed by atoms with Crippen LogP contribution < -0.4 is 14.2 Å². The van der Waals surface area contributed by atoms with Gasteiger partial charge in [-0.1, -0.05) is 18.2 Å². The van der Waals surface area contributed by atoms with Gasteiger partial charge >= 0.3 is 0 Å². The van der Waals surface area contributed by atoms with Gasteiger partial charge in [0.05, 0.1) is 21.3 Å². The molecule has 0 saturated heterocycles. The summed E-state index contributed by atoms with van der Waals surface area (Å²) in [5.74, 6) is 1.35. The molecule has 5 heteroatoms. The van der Waals surface area contributed by atoms with Crippen LogP contribution in [-0.2, 0) is 0 Å². The van der Waals surface area contributed by atoms with Crippen LogP contribution in [0.25, 0.3) is 6.08 Å². The summed E-state index contributed by atoms with van der Waals surface area (Å²) in [6, 6.07) is 9.68. The van der Waals surface area contributed by atoms with Gasteiger partial charge in [0.25, 0.3) is 0 Å². The molecule has 2 aromatic rings. The first-order valence-corrected chi connectivity index (χ1v) is 6.90. The van der Waals surface area contributed by atoms with Crippen LogP contribution in [0.4, 0.5) is 0 Å². The minimum atomic E-state index is -0.213. The summed E-state index contributed by atoms with van der Waals surface area (Å²) < 4.78 is 15.8. The zero-order chi connectivity index (χ0) is 16.8. The molecule has 2 aromatic carbocycles. The van der Waals surface area contributed by atoms with E-state index in [1.165, 1.54) is 39.5 Å². The highest BCUT2D eigenvalue weighted by atomic mass is 16.5. The topological polar surface area (TPSA) is 65.0 Å². The van der Waals surface area contributed by atoms with Gasteiger partial charge in [-0.25, -0.2) is 0 Å². The van der Waals surface area contributed by atoms with Gasteiger partial charge < -0.3 is 19.3 Å². The maximum Gasteiger partial charge on any atom is 0.203 e. The first-order chi connectivity index (χ1) is 11.1. The van der Waals surface area contributed by atoms with Gasteiger partial charge in [0.1, 0.15) is 5.75 Å². The molecule has 0 aliphatic rings. The molecule has 23 heavy (non-hydrogen) atoms. The van der Waals surface area contributed by atoms with E-state index in [-0.39, 0.29) is 11.5 Å². The van der Waals surface area contributed by atoms with Gasteiger partial charge in [-0.05, 0) is 35.9 Å².